The molecule has 1 N–H and O–H groups in total. The van der Waals surface area contributed by atoms with Gasteiger partial charge >= 0.3 is 0 Å². The van der Waals surface area contributed by atoms with Crippen LogP contribution in [0.2, 0.25) is 0 Å². The number of Topliss-reactive ketones (excluding diaryl/α,β-unsaturated/α-hetero) is 1. The van der Waals surface area contributed by atoms with E-state index < -0.39 is 0 Å². The van der Waals surface area contributed by atoms with Gasteiger partial charge in [-0.3, -0.25) is 4.79 Å². The van der Waals surface area contributed by atoms with Gasteiger partial charge in [0.1, 0.15) is 11.4 Å². The average molecular weight is 327 g/mol. The Labute approximate surface area is 140 Å². The molecule has 126 valence electrons. The molecule has 1 aromatic carbocycles. The van der Waals surface area contributed by atoms with Crippen molar-refractivity contribution in [3.8, 4) is 17.1 Å². The van der Waals surface area contributed by atoms with Crippen LogP contribution >= 0.6 is 0 Å². The Morgan fingerprint density at radius 3 is 2.75 bits per heavy atom. The van der Waals surface area contributed by atoms with E-state index in [1.165, 1.54) is 0 Å². The highest BCUT2D eigenvalue weighted by atomic mass is 16.5. The van der Waals surface area contributed by atoms with Crippen LogP contribution in [0.5, 0.6) is 5.75 Å². The minimum Gasteiger partial charge on any atom is -0.486 e. The topological polar surface area (TPSA) is 84.0 Å². The summed E-state index contributed by atoms with van der Waals surface area (Å²) < 4.78 is 6.32. The third-order valence-corrected chi connectivity index (χ3v) is 5.15. The maximum absolute atomic E-state index is 12.7. The highest BCUT2D eigenvalue weighted by Crippen LogP contribution is 2.40. The van der Waals surface area contributed by atoms with Gasteiger partial charge in [-0.05, 0) is 42.5 Å². The average Bonchev–Trinajstić information content (AvgIpc) is 3.09. The second kappa shape index (κ2) is 5.66. The molecule has 3 heterocycles. The van der Waals surface area contributed by atoms with Crippen LogP contribution in [0.15, 0.2) is 18.2 Å². The molecule has 7 nitrogen and oxygen atoms in total. The highest BCUT2D eigenvalue weighted by molar-refractivity contribution is 6.01. The van der Waals surface area contributed by atoms with E-state index in [1.54, 1.807) is 0 Å². The lowest BCUT2D eigenvalue weighted by Crippen LogP contribution is -2.52. The van der Waals surface area contributed by atoms with Crippen LogP contribution in [0.3, 0.4) is 0 Å². The number of carbonyl (C=O) groups is 1. The Kier molecular flexibility index (Phi) is 3.60. The van der Waals surface area contributed by atoms with Gasteiger partial charge in [-0.2, -0.15) is 0 Å². The van der Waals surface area contributed by atoms with Crippen LogP contribution in [-0.2, 0) is 0 Å². The lowest BCUT2D eigenvalue weighted by Gasteiger charge is -2.45. The van der Waals surface area contributed by atoms with Gasteiger partial charge in [0.25, 0.3) is 0 Å². The second-order valence-electron chi connectivity index (χ2n) is 6.98. The molecule has 0 amide bonds. The molecule has 7 heteroatoms. The molecule has 0 bridgehead atoms. The number of aromatic amines is 1. The predicted molar refractivity (Wildman–Crippen MR) is 87.9 cm³/mol. The number of ether oxygens (including phenoxy) is 1. The van der Waals surface area contributed by atoms with Gasteiger partial charge in [-0.15, -0.1) is 5.10 Å². The van der Waals surface area contributed by atoms with Crippen molar-refractivity contribution in [3.63, 3.8) is 0 Å². The molecule has 4 rings (SSSR count). The summed E-state index contributed by atoms with van der Waals surface area (Å²) in [6.07, 6.45) is 2.23. The summed E-state index contributed by atoms with van der Waals surface area (Å²) >= 11 is 0. The third-order valence-electron chi connectivity index (χ3n) is 5.15. The zero-order valence-electron chi connectivity index (χ0n) is 14.0. The zero-order valence-corrected chi connectivity index (χ0v) is 14.0. The van der Waals surface area contributed by atoms with Crippen molar-refractivity contribution in [2.24, 2.45) is 0 Å². The summed E-state index contributed by atoms with van der Waals surface area (Å²) in [5, 5.41) is 13.8. The highest BCUT2D eigenvalue weighted by Gasteiger charge is 2.43. The van der Waals surface area contributed by atoms with Gasteiger partial charge in [-0.1, -0.05) is 0 Å². The number of hydrogen-bond donors (Lipinski definition) is 1. The molecule has 1 fully saturated rings. The number of aromatic nitrogens is 4. The molecule has 2 aliphatic rings. The fourth-order valence-corrected chi connectivity index (χ4v) is 3.65. The minimum atomic E-state index is -0.342. The summed E-state index contributed by atoms with van der Waals surface area (Å²) in [6, 6.07) is 6.10. The van der Waals surface area contributed by atoms with E-state index >= 15 is 0 Å². The zero-order chi connectivity index (χ0) is 16.7. The van der Waals surface area contributed by atoms with E-state index in [9.17, 15) is 4.79 Å². The molecule has 0 atom stereocenters. The first-order valence-electron chi connectivity index (χ1n) is 8.41. The minimum absolute atomic E-state index is 0.142. The molecule has 0 aliphatic carbocycles. The van der Waals surface area contributed by atoms with Crippen molar-refractivity contribution in [1.29, 1.82) is 0 Å². The largest absolute Gasteiger partial charge is 0.486 e. The van der Waals surface area contributed by atoms with Crippen LogP contribution in [0.4, 0.5) is 0 Å². The molecule has 1 aromatic heterocycles. The predicted octanol–water partition coefficient (Wildman–Crippen LogP) is 2.07. The van der Waals surface area contributed by atoms with E-state index in [0.29, 0.717) is 29.6 Å². The van der Waals surface area contributed by atoms with E-state index in [1.807, 2.05) is 18.2 Å². The number of likely N-dealkylation sites (tertiary alicyclic amines) is 1. The quantitative estimate of drug-likeness (QED) is 0.909. The number of nitrogens with one attached hydrogen (secondary N) is 1. The van der Waals surface area contributed by atoms with Gasteiger partial charge in [-0.25, -0.2) is 5.10 Å². The number of ketones is 1. The molecular weight excluding hydrogens is 306 g/mol. The van der Waals surface area contributed by atoms with Gasteiger partial charge < -0.3 is 9.64 Å². The Hall–Kier alpha value is -2.28. The smallest absolute Gasteiger partial charge is 0.179 e. The van der Waals surface area contributed by atoms with Crippen molar-refractivity contribution >= 4 is 5.78 Å². The Balaban J connectivity index is 1.59. The van der Waals surface area contributed by atoms with Crippen LogP contribution in [0.1, 0.15) is 43.5 Å². The summed E-state index contributed by atoms with van der Waals surface area (Å²) in [5.74, 6) is 1.38. The summed E-state index contributed by atoms with van der Waals surface area (Å²) in [4.78, 5) is 15.2. The molecule has 0 radical (unpaired) electrons. The first-order chi connectivity index (χ1) is 11.6. The van der Waals surface area contributed by atoms with E-state index in [2.05, 4.69) is 39.4 Å². The van der Waals surface area contributed by atoms with Gasteiger partial charge in [0, 0.05) is 37.5 Å². The monoisotopic (exact) mass is 327 g/mol. The van der Waals surface area contributed by atoms with Crippen molar-refractivity contribution in [3.05, 3.63) is 23.8 Å². The maximum Gasteiger partial charge on any atom is 0.179 e. The van der Waals surface area contributed by atoms with Crippen LogP contribution in [-0.4, -0.2) is 56.0 Å². The van der Waals surface area contributed by atoms with E-state index in [0.717, 1.165) is 31.5 Å². The Bertz CT molecular complexity index is 748. The maximum atomic E-state index is 12.7. The number of piperidine rings is 1. The molecule has 0 saturated carbocycles. The first kappa shape index (κ1) is 15.3. The molecule has 0 unspecified atom stereocenters. The van der Waals surface area contributed by atoms with Gasteiger partial charge in [0.2, 0.25) is 0 Å². The Morgan fingerprint density at radius 2 is 2.08 bits per heavy atom. The number of fused-ring (bicyclic) bond motifs is 1. The van der Waals surface area contributed by atoms with Crippen molar-refractivity contribution in [2.45, 2.75) is 44.8 Å². The summed E-state index contributed by atoms with van der Waals surface area (Å²) in [5.41, 5.74) is 1.08. The third kappa shape index (κ3) is 2.58. The molecule has 1 saturated heterocycles. The van der Waals surface area contributed by atoms with Crippen molar-refractivity contribution in [1.82, 2.24) is 25.5 Å². The number of rotatable bonds is 2. The standard InChI is InChI=1S/C17H21N5O2/c1-11(2)22-7-5-17(6-8-22)10-14(23)13-9-12(3-4-15(13)24-17)16-18-20-21-19-16/h3-4,9,11H,5-8,10H2,1-2H3,(H,18,19,20,21). The molecule has 1 spiro atoms. The number of benzene rings is 1. The number of tetrazole rings is 1. The number of H-pyrrole nitrogens is 1. The molecule has 2 aromatic rings. The van der Waals surface area contributed by atoms with Crippen LogP contribution < -0.4 is 4.74 Å². The first-order valence-corrected chi connectivity index (χ1v) is 8.41. The fraction of sp³-hybridized carbons (Fsp3) is 0.529. The SMILES string of the molecule is CC(C)N1CCC2(CC1)CC(=O)c1cc(-c3nnn[nH]3)ccc1O2. The number of hydrogen-bond acceptors (Lipinski definition) is 6. The lowest BCUT2D eigenvalue weighted by molar-refractivity contribution is -0.0153. The van der Waals surface area contributed by atoms with E-state index in [4.69, 9.17) is 4.74 Å². The summed E-state index contributed by atoms with van der Waals surface area (Å²) in [6.45, 7) is 6.37. The molecule has 2 aliphatic heterocycles. The van der Waals surface area contributed by atoms with Crippen molar-refractivity contribution < 1.29 is 9.53 Å². The molecular formula is C17H21N5O2. The van der Waals surface area contributed by atoms with Crippen LogP contribution in [0, 0.1) is 0 Å². The Morgan fingerprint density at radius 1 is 1.29 bits per heavy atom. The normalized spacial score (nSPS) is 20.2. The van der Waals surface area contributed by atoms with Gasteiger partial charge in [0.15, 0.2) is 11.6 Å². The van der Waals surface area contributed by atoms with Crippen molar-refractivity contribution in [2.75, 3.05) is 13.1 Å². The fourth-order valence-electron chi connectivity index (χ4n) is 3.65. The van der Waals surface area contributed by atoms with E-state index in [-0.39, 0.29) is 11.4 Å². The van der Waals surface area contributed by atoms with Gasteiger partial charge in [0.05, 0.1) is 12.0 Å². The van der Waals surface area contributed by atoms with Crippen LogP contribution in [0.25, 0.3) is 11.4 Å². The molecule has 24 heavy (non-hydrogen) atoms. The number of nitrogens with zero attached hydrogens (tertiary/aromatic N) is 4. The summed E-state index contributed by atoms with van der Waals surface area (Å²) in [7, 11) is 0. The lowest BCUT2D eigenvalue weighted by atomic mass is 9.82. The number of carbonyl (C=O) groups excluding carboxylic acids is 1. The second-order valence-corrected chi connectivity index (χ2v) is 6.98.